The monoisotopic (exact) mass is 358 g/mol. The molecule has 136 valence electrons. The summed E-state index contributed by atoms with van der Waals surface area (Å²) < 4.78 is 28.6. The number of fused-ring (bicyclic) bond motifs is 1. The first-order chi connectivity index (χ1) is 12.6. The van der Waals surface area contributed by atoms with Crippen molar-refractivity contribution in [3.05, 3.63) is 48.3 Å². The first-order valence-corrected chi connectivity index (χ1v) is 8.66. The lowest BCUT2D eigenvalue weighted by molar-refractivity contribution is 0.410. The van der Waals surface area contributed by atoms with E-state index in [4.69, 9.17) is 5.73 Å². The molecule has 1 aliphatic rings. The van der Waals surface area contributed by atoms with E-state index in [1.165, 1.54) is 12.1 Å². The van der Waals surface area contributed by atoms with Gasteiger partial charge in [-0.1, -0.05) is 0 Å². The number of halogens is 2. The summed E-state index contributed by atoms with van der Waals surface area (Å²) in [5.41, 5.74) is 7.46. The predicted octanol–water partition coefficient (Wildman–Crippen LogP) is 3.43. The van der Waals surface area contributed by atoms with E-state index in [1.54, 1.807) is 23.0 Å². The lowest BCUT2D eigenvalue weighted by Crippen LogP contribution is -2.33. The third kappa shape index (κ3) is 3.60. The van der Waals surface area contributed by atoms with Crippen molar-refractivity contribution in [2.45, 2.75) is 37.8 Å². The van der Waals surface area contributed by atoms with Crippen LogP contribution in [0.5, 0.6) is 0 Å². The van der Waals surface area contributed by atoms with E-state index in [1.807, 2.05) is 0 Å². The fraction of sp³-hybridized carbons (Fsp3) is 0.333. The van der Waals surface area contributed by atoms with Crippen LogP contribution in [0, 0.1) is 11.6 Å². The number of nitrogens with one attached hydrogen (secondary N) is 2. The number of nitrogens with two attached hydrogens (primary N) is 1. The molecule has 0 unspecified atom stereocenters. The second kappa shape index (κ2) is 6.87. The van der Waals surface area contributed by atoms with Gasteiger partial charge in [0, 0.05) is 42.3 Å². The van der Waals surface area contributed by atoms with Gasteiger partial charge in [-0.25, -0.2) is 18.3 Å². The highest BCUT2D eigenvalue weighted by Gasteiger charge is 2.19. The molecule has 1 aliphatic carbocycles. The molecular weight excluding hydrogens is 338 g/mol. The Balaban J connectivity index is 1.62. The largest absolute Gasteiger partial charge is 0.366 e. The zero-order chi connectivity index (χ0) is 18.1. The van der Waals surface area contributed by atoms with E-state index in [9.17, 15) is 8.78 Å². The van der Waals surface area contributed by atoms with Crippen molar-refractivity contribution in [2.24, 2.45) is 5.73 Å². The molecule has 26 heavy (non-hydrogen) atoms. The molecule has 0 aliphatic heterocycles. The van der Waals surface area contributed by atoms with Gasteiger partial charge in [0.1, 0.15) is 17.5 Å². The van der Waals surface area contributed by atoms with Crippen LogP contribution in [0.15, 0.2) is 36.7 Å². The average molecular weight is 358 g/mol. The summed E-state index contributed by atoms with van der Waals surface area (Å²) in [5.74, 6) is -0.606. The van der Waals surface area contributed by atoms with Crippen molar-refractivity contribution in [2.75, 3.05) is 10.6 Å². The molecule has 1 saturated carbocycles. The third-order valence-electron chi connectivity index (χ3n) is 4.62. The number of benzene rings is 1. The summed E-state index contributed by atoms with van der Waals surface area (Å²) >= 11 is 0. The number of hydrogen-bond acceptors (Lipinski definition) is 5. The predicted molar refractivity (Wildman–Crippen MR) is 96.5 cm³/mol. The first kappa shape index (κ1) is 16.7. The summed E-state index contributed by atoms with van der Waals surface area (Å²) in [4.78, 5) is 4.26. The smallest absolute Gasteiger partial charge is 0.177 e. The van der Waals surface area contributed by atoms with Gasteiger partial charge in [-0.15, -0.1) is 5.10 Å². The van der Waals surface area contributed by atoms with Gasteiger partial charge in [0.25, 0.3) is 0 Å². The third-order valence-corrected chi connectivity index (χ3v) is 4.62. The minimum absolute atomic E-state index is 0.275. The zero-order valence-electron chi connectivity index (χ0n) is 14.1. The molecule has 2 heterocycles. The molecule has 4 rings (SSSR count). The number of rotatable bonds is 4. The zero-order valence-corrected chi connectivity index (χ0v) is 14.1. The van der Waals surface area contributed by atoms with Gasteiger partial charge in [0.05, 0.1) is 5.69 Å². The van der Waals surface area contributed by atoms with E-state index in [0.29, 0.717) is 28.9 Å². The van der Waals surface area contributed by atoms with Crippen LogP contribution < -0.4 is 16.4 Å². The molecule has 3 aromatic rings. The molecule has 0 radical (unpaired) electrons. The van der Waals surface area contributed by atoms with Crippen LogP contribution in [0.25, 0.3) is 5.65 Å². The van der Waals surface area contributed by atoms with Gasteiger partial charge in [-0.2, -0.15) is 0 Å². The molecule has 6 nitrogen and oxygen atoms in total. The van der Waals surface area contributed by atoms with Gasteiger partial charge in [0.2, 0.25) is 0 Å². The maximum Gasteiger partial charge on any atom is 0.177 e. The Hall–Kier alpha value is -2.74. The van der Waals surface area contributed by atoms with Crippen LogP contribution >= 0.6 is 0 Å². The Morgan fingerprint density at radius 1 is 1.04 bits per heavy atom. The molecule has 1 fully saturated rings. The van der Waals surface area contributed by atoms with Crippen LogP contribution in [-0.4, -0.2) is 26.7 Å². The van der Waals surface area contributed by atoms with Crippen molar-refractivity contribution in [1.29, 1.82) is 0 Å². The molecule has 0 spiro atoms. The van der Waals surface area contributed by atoms with Crippen LogP contribution in [0.1, 0.15) is 25.7 Å². The lowest BCUT2D eigenvalue weighted by atomic mass is 9.92. The lowest BCUT2D eigenvalue weighted by Gasteiger charge is -2.27. The van der Waals surface area contributed by atoms with E-state index in [0.717, 1.165) is 31.7 Å². The van der Waals surface area contributed by atoms with Crippen LogP contribution in [-0.2, 0) is 0 Å². The van der Waals surface area contributed by atoms with Crippen LogP contribution in [0.3, 0.4) is 0 Å². The van der Waals surface area contributed by atoms with Gasteiger partial charge in [0.15, 0.2) is 5.65 Å². The maximum absolute atomic E-state index is 13.5. The number of imidazole rings is 1. The molecule has 0 atom stereocenters. The van der Waals surface area contributed by atoms with Crippen molar-refractivity contribution < 1.29 is 8.78 Å². The Morgan fingerprint density at radius 3 is 2.50 bits per heavy atom. The topological polar surface area (TPSA) is 80.3 Å². The second-order valence-electron chi connectivity index (χ2n) is 6.68. The highest BCUT2D eigenvalue weighted by molar-refractivity contribution is 5.75. The second-order valence-corrected chi connectivity index (χ2v) is 6.68. The minimum Gasteiger partial charge on any atom is -0.366 e. The first-order valence-electron chi connectivity index (χ1n) is 8.66. The fourth-order valence-electron chi connectivity index (χ4n) is 3.33. The SMILES string of the molecule is NC1CCC(Nc2cc(Nc3cc(F)cc(F)c3)c3nccn3n2)CC1. The fourth-order valence-corrected chi connectivity index (χ4v) is 3.33. The van der Waals surface area contributed by atoms with Crippen molar-refractivity contribution in [3.8, 4) is 0 Å². The number of aromatic nitrogens is 3. The molecule has 8 heteroatoms. The minimum atomic E-state index is -0.641. The van der Waals surface area contributed by atoms with E-state index in [-0.39, 0.29) is 6.04 Å². The highest BCUT2D eigenvalue weighted by Crippen LogP contribution is 2.26. The molecule has 4 N–H and O–H groups in total. The molecule has 0 saturated heterocycles. The van der Waals surface area contributed by atoms with Gasteiger partial charge in [-0.3, -0.25) is 0 Å². The summed E-state index contributed by atoms with van der Waals surface area (Å²) in [6.45, 7) is 0. The Kier molecular flexibility index (Phi) is 4.42. The number of anilines is 3. The van der Waals surface area contributed by atoms with Gasteiger partial charge < -0.3 is 16.4 Å². The molecular formula is C18H20F2N6. The number of hydrogen-bond donors (Lipinski definition) is 3. The highest BCUT2D eigenvalue weighted by atomic mass is 19.1. The molecule has 0 bridgehead atoms. The maximum atomic E-state index is 13.5. The van der Waals surface area contributed by atoms with Crippen LogP contribution in [0.4, 0.5) is 26.0 Å². The van der Waals surface area contributed by atoms with Crippen LogP contribution in [0.2, 0.25) is 0 Å². The molecule has 2 aromatic heterocycles. The normalized spacial score (nSPS) is 20.3. The summed E-state index contributed by atoms with van der Waals surface area (Å²) in [6.07, 6.45) is 7.31. The Bertz CT molecular complexity index is 897. The molecule has 1 aromatic carbocycles. The van der Waals surface area contributed by atoms with E-state index < -0.39 is 11.6 Å². The van der Waals surface area contributed by atoms with Gasteiger partial charge >= 0.3 is 0 Å². The van der Waals surface area contributed by atoms with Gasteiger partial charge in [-0.05, 0) is 37.8 Å². The number of nitrogens with zero attached hydrogens (tertiary/aromatic N) is 3. The van der Waals surface area contributed by atoms with E-state index in [2.05, 4.69) is 20.7 Å². The summed E-state index contributed by atoms with van der Waals surface area (Å²) in [7, 11) is 0. The Morgan fingerprint density at radius 2 is 1.77 bits per heavy atom. The quantitative estimate of drug-likeness (QED) is 0.666. The van der Waals surface area contributed by atoms with Crippen molar-refractivity contribution in [1.82, 2.24) is 14.6 Å². The van der Waals surface area contributed by atoms with Crippen molar-refractivity contribution >= 4 is 22.8 Å². The summed E-state index contributed by atoms with van der Waals surface area (Å²) in [6, 6.07) is 5.69. The molecule has 0 amide bonds. The standard InChI is InChI=1S/C18H20F2N6/c19-11-7-12(20)9-15(8-11)23-16-10-17(25-26-6-5-22-18(16)26)24-14-3-1-13(21)2-4-14/h5-10,13-14,23H,1-4,21H2,(H,24,25). The van der Waals surface area contributed by atoms with E-state index >= 15 is 0 Å². The average Bonchev–Trinajstić information content (AvgIpc) is 3.05. The summed E-state index contributed by atoms with van der Waals surface area (Å²) in [5, 5.41) is 11.0. The van der Waals surface area contributed by atoms with Crippen molar-refractivity contribution in [3.63, 3.8) is 0 Å². The Labute approximate surface area is 149 Å².